The fraction of sp³-hybridized carbons (Fsp3) is 0.933. The van der Waals surface area contributed by atoms with Gasteiger partial charge in [0, 0.05) is 12.0 Å². The first-order valence-corrected chi connectivity index (χ1v) is 14.2. The Morgan fingerprint density at radius 2 is 1.61 bits per heavy atom. The van der Waals surface area contributed by atoms with Crippen LogP contribution in [0.3, 0.4) is 0 Å². The third-order valence-electron chi connectivity index (χ3n) is 12.3. The molecule has 0 aliphatic heterocycles. The Bertz CT molecular complexity index is 875. The van der Waals surface area contributed by atoms with Crippen LogP contribution in [0.25, 0.3) is 0 Å². The van der Waals surface area contributed by atoms with Gasteiger partial charge in [0.2, 0.25) is 0 Å². The molecule has 4 aliphatic carbocycles. The number of hydrogen-bond acceptors (Lipinski definition) is 6. The molecule has 6 N–H and O–H groups in total. The average molecular weight is 509 g/mol. The number of aliphatic hydroxyl groups is 6. The van der Waals surface area contributed by atoms with Crippen molar-refractivity contribution < 1.29 is 30.6 Å². The molecule has 36 heavy (non-hydrogen) atoms. The van der Waals surface area contributed by atoms with Crippen LogP contribution in [0.4, 0.5) is 0 Å². The summed E-state index contributed by atoms with van der Waals surface area (Å²) in [7, 11) is 0. The SMILES string of the molecule is CC(C)(O)[C@H](O)CC[C@@H](CO)[C@H]1CC[C@@]2(C)C3=C(C[C@H](O)[C@]12C)[C@@]1(C)C[C@@H](O)[C@H](O)C(C)(C)C1CC3. The number of fused-ring (bicyclic) bond motifs is 4. The topological polar surface area (TPSA) is 121 Å². The van der Waals surface area contributed by atoms with E-state index >= 15 is 0 Å². The predicted octanol–water partition coefficient (Wildman–Crippen LogP) is 3.56. The van der Waals surface area contributed by atoms with Gasteiger partial charge in [0.15, 0.2) is 0 Å². The van der Waals surface area contributed by atoms with Crippen molar-refractivity contribution in [2.75, 3.05) is 6.61 Å². The van der Waals surface area contributed by atoms with Gasteiger partial charge in [0.1, 0.15) is 0 Å². The Morgan fingerprint density at radius 3 is 2.19 bits per heavy atom. The van der Waals surface area contributed by atoms with Gasteiger partial charge in [-0.1, -0.05) is 45.8 Å². The fourth-order valence-corrected chi connectivity index (χ4v) is 9.77. The normalized spacial score (nSPS) is 46.1. The van der Waals surface area contributed by atoms with Crippen LogP contribution in [-0.2, 0) is 0 Å². The third-order valence-corrected chi connectivity index (χ3v) is 12.3. The van der Waals surface area contributed by atoms with Crippen LogP contribution in [0.15, 0.2) is 11.1 Å². The van der Waals surface area contributed by atoms with Crippen molar-refractivity contribution >= 4 is 0 Å². The maximum atomic E-state index is 11.9. The summed E-state index contributed by atoms with van der Waals surface area (Å²) >= 11 is 0. The highest BCUT2D eigenvalue weighted by molar-refractivity contribution is 5.40. The minimum Gasteiger partial charge on any atom is -0.396 e. The van der Waals surface area contributed by atoms with Gasteiger partial charge in [-0.05, 0) is 99.2 Å². The highest BCUT2D eigenvalue weighted by Crippen LogP contribution is 2.72. The lowest BCUT2D eigenvalue weighted by molar-refractivity contribution is -0.163. The van der Waals surface area contributed by atoms with Gasteiger partial charge >= 0.3 is 0 Å². The molecule has 0 amide bonds. The Hall–Kier alpha value is -0.500. The molecule has 0 radical (unpaired) electrons. The van der Waals surface area contributed by atoms with Crippen LogP contribution in [0.1, 0.15) is 99.8 Å². The maximum Gasteiger partial charge on any atom is 0.0853 e. The van der Waals surface area contributed by atoms with Crippen molar-refractivity contribution in [3.8, 4) is 0 Å². The fourth-order valence-electron chi connectivity index (χ4n) is 9.77. The molecule has 2 saturated carbocycles. The van der Waals surface area contributed by atoms with Gasteiger partial charge in [-0.2, -0.15) is 0 Å². The van der Waals surface area contributed by atoms with Crippen molar-refractivity contribution in [2.45, 2.75) is 130 Å². The molecule has 0 bridgehead atoms. The lowest BCUT2D eigenvalue weighted by atomic mass is 9.42. The number of allylic oxidation sites excluding steroid dienone is 1. The van der Waals surface area contributed by atoms with Crippen molar-refractivity contribution in [1.29, 1.82) is 0 Å². The quantitative estimate of drug-likeness (QED) is 0.305. The zero-order valence-electron chi connectivity index (χ0n) is 23.6. The summed E-state index contributed by atoms with van der Waals surface area (Å²) in [6, 6.07) is 0. The Morgan fingerprint density at radius 1 is 0.972 bits per heavy atom. The molecule has 0 spiro atoms. The molecule has 6 nitrogen and oxygen atoms in total. The summed E-state index contributed by atoms with van der Waals surface area (Å²) in [5.41, 5.74) is 0.313. The largest absolute Gasteiger partial charge is 0.396 e. The van der Waals surface area contributed by atoms with E-state index in [0.29, 0.717) is 25.7 Å². The highest BCUT2D eigenvalue weighted by atomic mass is 16.3. The van der Waals surface area contributed by atoms with Gasteiger partial charge in [-0.25, -0.2) is 0 Å². The van der Waals surface area contributed by atoms with E-state index < -0.39 is 40.8 Å². The van der Waals surface area contributed by atoms with Gasteiger partial charge in [-0.3, -0.25) is 0 Å². The van der Waals surface area contributed by atoms with Crippen LogP contribution < -0.4 is 0 Å². The molecule has 0 heterocycles. The van der Waals surface area contributed by atoms with Crippen molar-refractivity contribution in [3.63, 3.8) is 0 Å². The van der Waals surface area contributed by atoms with Crippen LogP contribution in [0, 0.1) is 39.4 Å². The molecule has 1 unspecified atom stereocenters. The monoisotopic (exact) mass is 508 g/mol. The van der Waals surface area contributed by atoms with E-state index in [9.17, 15) is 30.6 Å². The van der Waals surface area contributed by atoms with E-state index in [2.05, 4.69) is 34.6 Å². The van der Waals surface area contributed by atoms with Crippen LogP contribution in [0.5, 0.6) is 0 Å². The summed E-state index contributed by atoms with van der Waals surface area (Å²) in [6.45, 7) is 14.2. The summed E-state index contributed by atoms with van der Waals surface area (Å²) in [6.07, 6.45) is 2.97. The second-order valence-corrected chi connectivity index (χ2v) is 14.7. The van der Waals surface area contributed by atoms with E-state index in [0.717, 1.165) is 25.7 Å². The van der Waals surface area contributed by atoms with Crippen molar-refractivity contribution in [3.05, 3.63) is 11.1 Å². The molecule has 4 rings (SSSR count). The van der Waals surface area contributed by atoms with E-state index in [1.807, 2.05) is 0 Å². The second-order valence-electron chi connectivity index (χ2n) is 14.7. The van der Waals surface area contributed by atoms with Crippen LogP contribution >= 0.6 is 0 Å². The van der Waals surface area contributed by atoms with Crippen molar-refractivity contribution in [1.82, 2.24) is 0 Å². The summed E-state index contributed by atoms with van der Waals surface area (Å²) in [4.78, 5) is 0. The molecular formula is C30H52O6. The zero-order chi connectivity index (χ0) is 27.1. The van der Waals surface area contributed by atoms with E-state index in [-0.39, 0.29) is 35.2 Å². The third kappa shape index (κ3) is 3.88. The molecule has 0 saturated heterocycles. The van der Waals surface area contributed by atoms with Crippen LogP contribution in [-0.4, -0.2) is 67.3 Å². The Labute approximate surface area is 217 Å². The molecule has 0 aromatic heterocycles. The molecule has 208 valence electrons. The average Bonchev–Trinajstić information content (AvgIpc) is 3.06. The molecule has 0 aromatic carbocycles. The first-order valence-electron chi connectivity index (χ1n) is 14.2. The Kier molecular flexibility index (Phi) is 7.15. The second kappa shape index (κ2) is 9.02. The first kappa shape index (κ1) is 28.5. The Balaban J connectivity index is 1.69. The lowest BCUT2D eigenvalue weighted by Gasteiger charge is -2.63. The molecule has 2 fully saturated rings. The minimum atomic E-state index is -1.18. The van der Waals surface area contributed by atoms with Gasteiger partial charge < -0.3 is 30.6 Å². The zero-order valence-corrected chi connectivity index (χ0v) is 23.6. The smallest absolute Gasteiger partial charge is 0.0853 e. The maximum absolute atomic E-state index is 11.9. The molecule has 4 aliphatic rings. The van der Waals surface area contributed by atoms with Gasteiger partial charge in [0.25, 0.3) is 0 Å². The van der Waals surface area contributed by atoms with E-state index in [4.69, 9.17) is 0 Å². The van der Waals surface area contributed by atoms with Crippen LogP contribution in [0.2, 0.25) is 0 Å². The summed E-state index contributed by atoms with van der Waals surface area (Å²) in [5.74, 6) is 0.308. The number of hydrogen-bond donors (Lipinski definition) is 6. The van der Waals surface area contributed by atoms with E-state index in [1.165, 1.54) is 11.1 Å². The standard InChI is InChI=1S/C30H52O6/c1-26(2)22-10-9-19-20(28(22,5)15-21(32)25(26)35)14-24(34)30(7)18(12-13-29(19,30)6)17(16-31)8-11-23(33)27(3,4)36/h17-18,21-25,31-36H,8-16H2,1-7H3/t17-,18+,21+,22?,23+,24-,25-,28+,29-,30-/m0/s1. The van der Waals surface area contributed by atoms with Gasteiger partial charge in [-0.15, -0.1) is 0 Å². The first-order chi connectivity index (χ1) is 16.5. The molecule has 6 heteroatoms. The highest BCUT2D eigenvalue weighted by Gasteiger charge is 2.67. The lowest BCUT2D eigenvalue weighted by Crippen LogP contribution is -2.61. The minimum absolute atomic E-state index is 0.00555. The molecular weight excluding hydrogens is 456 g/mol. The predicted molar refractivity (Wildman–Crippen MR) is 140 cm³/mol. The van der Waals surface area contributed by atoms with Gasteiger partial charge in [0.05, 0.1) is 30.0 Å². The summed E-state index contributed by atoms with van der Waals surface area (Å²) < 4.78 is 0. The number of rotatable bonds is 6. The molecule has 0 aromatic rings. The van der Waals surface area contributed by atoms with Crippen molar-refractivity contribution in [2.24, 2.45) is 39.4 Å². The van der Waals surface area contributed by atoms with E-state index in [1.54, 1.807) is 13.8 Å². The summed E-state index contributed by atoms with van der Waals surface area (Å²) in [5, 5.41) is 64.7. The molecule has 10 atom stereocenters. The number of aliphatic hydroxyl groups excluding tert-OH is 5.